The average Bonchev–Trinajstić information content (AvgIpc) is 3.26. The fourth-order valence-electron chi connectivity index (χ4n) is 3.13. The molecule has 1 amide bonds. The van der Waals surface area contributed by atoms with Crippen LogP contribution in [0.3, 0.4) is 0 Å². The largest absolute Gasteiger partial charge is 0.272 e. The molecule has 0 spiro atoms. The van der Waals surface area contributed by atoms with Gasteiger partial charge in [-0.3, -0.25) is 9.36 Å². The Kier molecular flexibility index (Phi) is 7.22. The van der Waals surface area contributed by atoms with Crippen LogP contribution in [-0.2, 0) is 4.79 Å². The molecule has 0 fully saturated rings. The molecule has 0 atom stereocenters. The molecule has 0 saturated heterocycles. The third-order valence-corrected chi connectivity index (χ3v) is 6.08. The van der Waals surface area contributed by atoms with Crippen molar-refractivity contribution in [1.82, 2.24) is 20.2 Å². The van der Waals surface area contributed by atoms with E-state index >= 15 is 0 Å². The standard InChI is InChI=1S/C25H22ClN5OS/c1-17-8-10-20(11-9-17)24-29-30-25(31(24)22-14-12-21(26)13-15-22)33-16-23(32)28-27-18(2)19-6-4-3-5-7-19/h3-15H,16H2,1-2H3,(H,28,32)/b27-18-. The third-order valence-electron chi connectivity index (χ3n) is 4.90. The lowest BCUT2D eigenvalue weighted by atomic mass is 10.1. The van der Waals surface area contributed by atoms with Crippen LogP contribution in [0.25, 0.3) is 17.1 Å². The van der Waals surface area contributed by atoms with E-state index in [0.29, 0.717) is 16.0 Å². The van der Waals surface area contributed by atoms with Crippen molar-refractivity contribution in [1.29, 1.82) is 0 Å². The van der Waals surface area contributed by atoms with E-state index in [9.17, 15) is 4.79 Å². The molecule has 0 aliphatic carbocycles. The quantitative estimate of drug-likeness (QED) is 0.217. The third kappa shape index (κ3) is 5.69. The first-order valence-corrected chi connectivity index (χ1v) is 11.7. The number of halogens is 1. The fourth-order valence-corrected chi connectivity index (χ4v) is 4.00. The highest BCUT2D eigenvalue weighted by Crippen LogP contribution is 2.28. The van der Waals surface area contributed by atoms with E-state index in [-0.39, 0.29) is 11.7 Å². The molecule has 0 radical (unpaired) electrons. The van der Waals surface area contributed by atoms with E-state index in [2.05, 4.69) is 20.7 Å². The van der Waals surface area contributed by atoms with Crippen molar-refractivity contribution in [3.63, 3.8) is 0 Å². The van der Waals surface area contributed by atoms with Crippen molar-refractivity contribution >= 4 is 35.0 Å². The number of carbonyl (C=O) groups excluding carboxylic acids is 1. The van der Waals surface area contributed by atoms with Crippen LogP contribution in [0.15, 0.2) is 89.1 Å². The molecule has 0 aliphatic rings. The summed E-state index contributed by atoms with van der Waals surface area (Å²) in [5.41, 5.74) is 7.26. The minimum absolute atomic E-state index is 0.144. The number of benzene rings is 3. The summed E-state index contributed by atoms with van der Waals surface area (Å²) in [5.74, 6) is 0.613. The van der Waals surface area contributed by atoms with Gasteiger partial charge < -0.3 is 0 Å². The average molecular weight is 476 g/mol. The maximum Gasteiger partial charge on any atom is 0.250 e. The van der Waals surface area contributed by atoms with Crippen molar-refractivity contribution in [2.45, 2.75) is 19.0 Å². The van der Waals surface area contributed by atoms with Gasteiger partial charge in [-0.15, -0.1) is 10.2 Å². The van der Waals surface area contributed by atoms with Gasteiger partial charge in [0.05, 0.1) is 11.5 Å². The minimum Gasteiger partial charge on any atom is -0.272 e. The Balaban J connectivity index is 1.54. The van der Waals surface area contributed by atoms with Gasteiger partial charge in [0, 0.05) is 16.3 Å². The Hall–Kier alpha value is -3.42. The van der Waals surface area contributed by atoms with Crippen molar-refractivity contribution in [2.75, 3.05) is 5.75 Å². The molecular formula is C25H22ClN5OS. The molecule has 0 bridgehead atoms. The summed E-state index contributed by atoms with van der Waals surface area (Å²) < 4.78 is 1.93. The highest BCUT2D eigenvalue weighted by Gasteiger charge is 2.17. The number of aryl methyl sites for hydroxylation is 1. The predicted octanol–water partition coefficient (Wildman–Crippen LogP) is 5.53. The second-order valence-corrected chi connectivity index (χ2v) is 8.75. The van der Waals surface area contributed by atoms with Crippen LogP contribution >= 0.6 is 23.4 Å². The Labute approximate surface area is 201 Å². The second-order valence-electron chi connectivity index (χ2n) is 7.37. The Morgan fingerprint density at radius 3 is 2.39 bits per heavy atom. The zero-order valence-electron chi connectivity index (χ0n) is 18.2. The first-order valence-electron chi connectivity index (χ1n) is 10.3. The first kappa shape index (κ1) is 22.8. The summed E-state index contributed by atoms with van der Waals surface area (Å²) in [6.45, 7) is 3.89. The fraction of sp³-hybridized carbons (Fsp3) is 0.120. The number of hydrogen-bond donors (Lipinski definition) is 1. The molecule has 4 aromatic rings. The monoisotopic (exact) mass is 475 g/mol. The summed E-state index contributed by atoms with van der Waals surface area (Å²) in [6, 6.07) is 25.2. The zero-order valence-corrected chi connectivity index (χ0v) is 19.8. The smallest absolute Gasteiger partial charge is 0.250 e. The summed E-state index contributed by atoms with van der Waals surface area (Å²) in [6.07, 6.45) is 0. The van der Waals surface area contributed by atoms with Crippen LogP contribution in [0.5, 0.6) is 0 Å². The topological polar surface area (TPSA) is 72.2 Å². The van der Waals surface area contributed by atoms with Crippen LogP contribution in [0, 0.1) is 6.92 Å². The van der Waals surface area contributed by atoms with Crippen LogP contribution in [-0.4, -0.2) is 32.1 Å². The number of hydrogen-bond acceptors (Lipinski definition) is 5. The highest BCUT2D eigenvalue weighted by molar-refractivity contribution is 7.99. The predicted molar refractivity (Wildman–Crippen MR) is 134 cm³/mol. The Morgan fingerprint density at radius 2 is 1.70 bits per heavy atom. The normalized spacial score (nSPS) is 11.4. The molecule has 0 unspecified atom stereocenters. The summed E-state index contributed by atoms with van der Waals surface area (Å²) in [5, 5.41) is 14.2. The van der Waals surface area contributed by atoms with Gasteiger partial charge in [-0.2, -0.15) is 5.10 Å². The number of carbonyl (C=O) groups is 1. The van der Waals surface area contributed by atoms with E-state index < -0.39 is 0 Å². The van der Waals surface area contributed by atoms with Crippen molar-refractivity contribution < 1.29 is 4.79 Å². The summed E-state index contributed by atoms with van der Waals surface area (Å²) >= 11 is 7.38. The Morgan fingerprint density at radius 1 is 1.00 bits per heavy atom. The number of amides is 1. The molecular weight excluding hydrogens is 454 g/mol. The number of nitrogens with one attached hydrogen (secondary N) is 1. The molecule has 1 N–H and O–H groups in total. The molecule has 0 saturated carbocycles. The second kappa shape index (κ2) is 10.5. The zero-order chi connectivity index (χ0) is 23.2. The number of thioether (sulfide) groups is 1. The maximum absolute atomic E-state index is 12.4. The van der Waals surface area contributed by atoms with Gasteiger partial charge in [0.1, 0.15) is 0 Å². The van der Waals surface area contributed by atoms with Crippen LogP contribution < -0.4 is 5.43 Å². The maximum atomic E-state index is 12.4. The van der Waals surface area contributed by atoms with Gasteiger partial charge in [0.2, 0.25) is 0 Å². The molecule has 33 heavy (non-hydrogen) atoms. The van der Waals surface area contributed by atoms with E-state index in [0.717, 1.165) is 28.1 Å². The van der Waals surface area contributed by atoms with Gasteiger partial charge >= 0.3 is 0 Å². The van der Waals surface area contributed by atoms with Crippen LogP contribution in [0.2, 0.25) is 5.02 Å². The van der Waals surface area contributed by atoms with Gasteiger partial charge in [0.15, 0.2) is 11.0 Å². The van der Waals surface area contributed by atoms with Gasteiger partial charge in [0.25, 0.3) is 5.91 Å². The van der Waals surface area contributed by atoms with Gasteiger partial charge in [-0.1, -0.05) is 83.5 Å². The molecule has 1 aromatic heterocycles. The Bertz CT molecular complexity index is 1270. The minimum atomic E-state index is -0.224. The summed E-state index contributed by atoms with van der Waals surface area (Å²) in [4.78, 5) is 12.4. The van der Waals surface area contributed by atoms with Crippen molar-refractivity contribution in [3.8, 4) is 17.1 Å². The number of aromatic nitrogens is 3. The van der Waals surface area contributed by atoms with E-state index in [1.807, 2.05) is 97.3 Å². The molecule has 1 heterocycles. The summed E-state index contributed by atoms with van der Waals surface area (Å²) in [7, 11) is 0. The highest BCUT2D eigenvalue weighted by atomic mass is 35.5. The van der Waals surface area contributed by atoms with E-state index in [1.165, 1.54) is 11.8 Å². The molecule has 0 aliphatic heterocycles. The van der Waals surface area contributed by atoms with Gasteiger partial charge in [-0.25, -0.2) is 5.43 Å². The number of rotatable bonds is 7. The van der Waals surface area contributed by atoms with E-state index in [4.69, 9.17) is 11.6 Å². The first-order chi connectivity index (χ1) is 16.0. The lowest BCUT2D eigenvalue weighted by molar-refractivity contribution is -0.118. The SMILES string of the molecule is C/C(=N/NC(=O)CSc1nnc(-c2ccc(C)cc2)n1-c1ccc(Cl)cc1)c1ccccc1. The van der Waals surface area contributed by atoms with Crippen LogP contribution in [0.4, 0.5) is 0 Å². The van der Waals surface area contributed by atoms with Crippen molar-refractivity contribution in [2.24, 2.45) is 5.10 Å². The number of hydrazone groups is 1. The molecule has 166 valence electrons. The number of nitrogens with zero attached hydrogens (tertiary/aromatic N) is 4. The molecule has 8 heteroatoms. The molecule has 4 rings (SSSR count). The van der Waals surface area contributed by atoms with Crippen LogP contribution in [0.1, 0.15) is 18.1 Å². The van der Waals surface area contributed by atoms with Crippen molar-refractivity contribution in [3.05, 3.63) is 95.0 Å². The van der Waals surface area contributed by atoms with E-state index in [1.54, 1.807) is 0 Å². The van der Waals surface area contributed by atoms with Gasteiger partial charge in [-0.05, 0) is 43.7 Å². The lowest BCUT2D eigenvalue weighted by Crippen LogP contribution is -2.21. The molecule has 6 nitrogen and oxygen atoms in total. The molecule has 3 aromatic carbocycles. The lowest BCUT2D eigenvalue weighted by Gasteiger charge is -2.10.